The summed E-state index contributed by atoms with van der Waals surface area (Å²) >= 11 is 5.00. The van der Waals surface area contributed by atoms with Gasteiger partial charge in [0.25, 0.3) is 0 Å². The maximum Gasteiger partial charge on any atom is 0.0984 e. The Balaban J connectivity index is 2.07. The molecule has 1 aliphatic heterocycles. The van der Waals surface area contributed by atoms with Gasteiger partial charge in [-0.1, -0.05) is 0 Å². The van der Waals surface area contributed by atoms with E-state index in [4.69, 9.17) is 4.74 Å². The van der Waals surface area contributed by atoms with Crippen molar-refractivity contribution in [1.29, 1.82) is 0 Å². The van der Waals surface area contributed by atoms with Gasteiger partial charge in [-0.15, -0.1) is 0 Å². The molecule has 0 aromatic carbocycles. The van der Waals surface area contributed by atoms with Gasteiger partial charge in [0, 0.05) is 22.0 Å². The fourth-order valence-corrected chi connectivity index (χ4v) is 3.07. The Bertz CT molecular complexity index is 299. The fraction of sp³-hybridized carbons (Fsp3) is 0.556. The Hall–Kier alpha value is 0.0600. The maximum atomic E-state index is 10.0. The second kappa shape index (κ2) is 4.72. The van der Waals surface area contributed by atoms with Crippen LogP contribution in [-0.2, 0) is 4.74 Å². The normalized spacial score (nSPS) is 24.9. The van der Waals surface area contributed by atoms with Crippen molar-refractivity contribution < 1.29 is 9.84 Å². The van der Waals surface area contributed by atoms with E-state index in [1.807, 2.05) is 10.8 Å². The van der Waals surface area contributed by atoms with Crippen LogP contribution in [0.2, 0.25) is 0 Å². The molecule has 0 radical (unpaired) electrons. The van der Waals surface area contributed by atoms with Crippen LogP contribution in [0.1, 0.15) is 11.7 Å². The van der Waals surface area contributed by atoms with Crippen molar-refractivity contribution >= 4 is 27.3 Å². The van der Waals surface area contributed by atoms with Crippen LogP contribution < -0.4 is 5.32 Å². The van der Waals surface area contributed by atoms with E-state index in [9.17, 15) is 5.11 Å². The standard InChI is InChI=1S/C9H12BrNO2S/c10-7-5-14-4-6(7)9(12)8-3-13-2-1-11-8/h4-5,8-9,11-12H,1-3H2. The number of halogens is 1. The molecular formula is C9H12BrNO2S. The van der Waals surface area contributed by atoms with Gasteiger partial charge >= 0.3 is 0 Å². The van der Waals surface area contributed by atoms with Crippen LogP contribution >= 0.6 is 27.3 Å². The summed E-state index contributed by atoms with van der Waals surface area (Å²) in [6.07, 6.45) is -0.490. The minimum Gasteiger partial charge on any atom is -0.387 e. The summed E-state index contributed by atoms with van der Waals surface area (Å²) in [7, 11) is 0. The van der Waals surface area contributed by atoms with Crippen molar-refractivity contribution in [2.75, 3.05) is 19.8 Å². The number of morpholine rings is 1. The number of hydrogen-bond acceptors (Lipinski definition) is 4. The Kier molecular flexibility index (Phi) is 3.57. The SMILES string of the molecule is OC(c1cscc1Br)C1COCCN1. The highest BCUT2D eigenvalue weighted by atomic mass is 79.9. The molecule has 1 aliphatic rings. The van der Waals surface area contributed by atoms with Crippen molar-refractivity contribution in [2.24, 2.45) is 0 Å². The molecule has 5 heteroatoms. The van der Waals surface area contributed by atoms with Crippen LogP contribution in [0.3, 0.4) is 0 Å². The predicted molar refractivity (Wildman–Crippen MR) is 59.6 cm³/mol. The molecule has 0 bridgehead atoms. The molecular weight excluding hydrogens is 266 g/mol. The average molecular weight is 278 g/mol. The van der Waals surface area contributed by atoms with Crippen molar-refractivity contribution in [2.45, 2.75) is 12.1 Å². The van der Waals surface area contributed by atoms with Gasteiger partial charge in [0.15, 0.2) is 0 Å². The molecule has 78 valence electrons. The van der Waals surface area contributed by atoms with Gasteiger partial charge in [0.2, 0.25) is 0 Å². The third-order valence-corrected chi connectivity index (χ3v) is 4.04. The van der Waals surface area contributed by atoms with E-state index in [1.165, 1.54) is 0 Å². The Morgan fingerprint density at radius 1 is 1.64 bits per heavy atom. The smallest absolute Gasteiger partial charge is 0.0984 e. The average Bonchev–Trinajstić information content (AvgIpc) is 2.65. The highest BCUT2D eigenvalue weighted by Crippen LogP contribution is 2.29. The first kappa shape index (κ1) is 10.6. The van der Waals surface area contributed by atoms with E-state index in [-0.39, 0.29) is 6.04 Å². The van der Waals surface area contributed by atoms with Crippen molar-refractivity contribution in [3.05, 3.63) is 20.8 Å². The maximum absolute atomic E-state index is 10.0. The summed E-state index contributed by atoms with van der Waals surface area (Å²) in [6.45, 7) is 2.11. The molecule has 2 heterocycles. The first-order valence-electron chi connectivity index (χ1n) is 4.50. The lowest BCUT2D eigenvalue weighted by Gasteiger charge is -2.27. The zero-order valence-electron chi connectivity index (χ0n) is 7.57. The Morgan fingerprint density at radius 3 is 3.07 bits per heavy atom. The molecule has 2 atom stereocenters. The Morgan fingerprint density at radius 2 is 2.50 bits per heavy atom. The highest BCUT2D eigenvalue weighted by Gasteiger charge is 2.24. The molecule has 0 spiro atoms. The first-order valence-corrected chi connectivity index (χ1v) is 6.23. The van der Waals surface area contributed by atoms with Crippen LogP contribution in [0.15, 0.2) is 15.2 Å². The van der Waals surface area contributed by atoms with Crippen LogP contribution in [-0.4, -0.2) is 30.9 Å². The second-order valence-electron chi connectivity index (χ2n) is 3.26. The topological polar surface area (TPSA) is 41.5 Å². The number of ether oxygens (including phenoxy) is 1. The summed E-state index contributed by atoms with van der Waals surface area (Å²) in [5, 5.41) is 17.2. The van der Waals surface area contributed by atoms with Crippen molar-refractivity contribution in [3.63, 3.8) is 0 Å². The lowest BCUT2D eigenvalue weighted by atomic mass is 10.1. The van der Waals surface area contributed by atoms with E-state index < -0.39 is 6.10 Å². The molecule has 0 aliphatic carbocycles. The molecule has 2 N–H and O–H groups in total. The molecule has 1 fully saturated rings. The van der Waals surface area contributed by atoms with Gasteiger partial charge in [-0.25, -0.2) is 0 Å². The van der Waals surface area contributed by atoms with Gasteiger partial charge in [0.1, 0.15) is 0 Å². The quantitative estimate of drug-likeness (QED) is 0.862. The molecule has 0 saturated carbocycles. The second-order valence-corrected chi connectivity index (χ2v) is 4.85. The molecule has 1 aromatic rings. The largest absolute Gasteiger partial charge is 0.387 e. The first-order chi connectivity index (χ1) is 6.79. The molecule has 1 saturated heterocycles. The lowest BCUT2D eigenvalue weighted by molar-refractivity contribution is 0.0176. The van der Waals surface area contributed by atoms with Crippen LogP contribution in [0, 0.1) is 0 Å². The van der Waals surface area contributed by atoms with Crippen LogP contribution in [0.4, 0.5) is 0 Å². The predicted octanol–water partition coefficient (Wildman–Crippen LogP) is 1.53. The summed E-state index contributed by atoms with van der Waals surface area (Å²) in [5.41, 5.74) is 0.943. The van der Waals surface area contributed by atoms with Gasteiger partial charge in [0.05, 0.1) is 25.4 Å². The number of aliphatic hydroxyl groups excluding tert-OH is 1. The zero-order valence-corrected chi connectivity index (χ0v) is 9.97. The molecule has 14 heavy (non-hydrogen) atoms. The highest BCUT2D eigenvalue weighted by molar-refractivity contribution is 9.10. The molecule has 2 rings (SSSR count). The minimum atomic E-state index is -0.490. The lowest BCUT2D eigenvalue weighted by Crippen LogP contribution is -2.45. The number of rotatable bonds is 2. The summed E-state index contributed by atoms with van der Waals surface area (Å²) in [5.74, 6) is 0. The van der Waals surface area contributed by atoms with Crippen LogP contribution in [0.25, 0.3) is 0 Å². The zero-order chi connectivity index (χ0) is 9.97. The van der Waals surface area contributed by atoms with E-state index in [0.717, 1.165) is 23.2 Å². The summed E-state index contributed by atoms with van der Waals surface area (Å²) in [6, 6.07) is 0.00894. The molecule has 3 nitrogen and oxygen atoms in total. The third-order valence-electron chi connectivity index (χ3n) is 2.29. The number of thiophene rings is 1. The van der Waals surface area contributed by atoms with Gasteiger partial charge in [-0.05, 0) is 21.3 Å². The van der Waals surface area contributed by atoms with Gasteiger partial charge < -0.3 is 15.2 Å². The van der Waals surface area contributed by atoms with Crippen molar-refractivity contribution in [3.8, 4) is 0 Å². The van der Waals surface area contributed by atoms with E-state index in [0.29, 0.717) is 6.61 Å². The van der Waals surface area contributed by atoms with Crippen LogP contribution in [0.5, 0.6) is 0 Å². The number of nitrogens with one attached hydrogen (secondary N) is 1. The molecule has 0 amide bonds. The third kappa shape index (κ3) is 2.17. The van der Waals surface area contributed by atoms with E-state index in [1.54, 1.807) is 11.3 Å². The molecule has 2 unspecified atom stereocenters. The van der Waals surface area contributed by atoms with Gasteiger partial charge in [-0.2, -0.15) is 11.3 Å². The van der Waals surface area contributed by atoms with Crippen molar-refractivity contribution in [1.82, 2.24) is 5.32 Å². The van der Waals surface area contributed by atoms with E-state index >= 15 is 0 Å². The summed E-state index contributed by atoms with van der Waals surface area (Å²) in [4.78, 5) is 0. The number of aliphatic hydroxyl groups is 1. The minimum absolute atomic E-state index is 0.00894. The molecule has 1 aromatic heterocycles. The summed E-state index contributed by atoms with van der Waals surface area (Å²) < 4.78 is 6.28. The van der Waals surface area contributed by atoms with E-state index in [2.05, 4.69) is 21.2 Å². The van der Waals surface area contributed by atoms with Gasteiger partial charge in [-0.3, -0.25) is 0 Å². The fourth-order valence-electron chi connectivity index (χ4n) is 1.51. The monoisotopic (exact) mass is 277 g/mol. The Labute approximate surface area is 95.2 Å². The number of hydrogen-bond donors (Lipinski definition) is 2.